The molecule has 2 aromatic carbocycles. The number of aliphatic imine (C=N–C) groups is 1. The molecule has 2 aliphatic rings. The summed E-state index contributed by atoms with van der Waals surface area (Å²) in [5, 5.41) is 7.09. The first-order chi connectivity index (χ1) is 14.8. The standard InChI is InChI=1S/C25H34N4O/c1-26-25(27-18-21-10-5-6-13-24(21)30-23-11-7-12-23)28-22-14-16-29(17-15-22)19-20-8-3-2-4-9-20/h2-6,8-10,13,22-23H,7,11-12,14-19H2,1H3,(H2,26,27,28). The predicted octanol–water partition coefficient (Wildman–Crippen LogP) is 3.95. The number of para-hydroxylation sites is 1. The fourth-order valence-corrected chi connectivity index (χ4v) is 4.08. The van der Waals surface area contributed by atoms with Crippen LogP contribution < -0.4 is 15.4 Å². The minimum Gasteiger partial charge on any atom is -0.490 e. The number of piperidine rings is 1. The summed E-state index contributed by atoms with van der Waals surface area (Å²) < 4.78 is 6.15. The van der Waals surface area contributed by atoms with Gasteiger partial charge in [0.1, 0.15) is 5.75 Å². The molecule has 160 valence electrons. The maximum atomic E-state index is 6.15. The van der Waals surface area contributed by atoms with Gasteiger partial charge in [-0.1, -0.05) is 48.5 Å². The van der Waals surface area contributed by atoms with E-state index in [4.69, 9.17) is 4.74 Å². The Balaban J connectivity index is 1.23. The van der Waals surface area contributed by atoms with Crippen molar-refractivity contribution in [1.82, 2.24) is 15.5 Å². The lowest BCUT2D eigenvalue weighted by Crippen LogP contribution is -2.48. The second-order valence-electron chi connectivity index (χ2n) is 8.38. The lowest BCUT2D eigenvalue weighted by Gasteiger charge is -2.33. The quantitative estimate of drug-likeness (QED) is 0.540. The zero-order valence-electron chi connectivity index (χ0n) is 18.0. The summed E-state index contributed by atoms with van der Waals surface area (Å²) in [6.45, 7) is 3.98. The van der Waals surface area contributed by atoms with E-state index in [0.717, 1.165) is 50.7 Å². The highest BCUT2D eigenvalue weighted by Crippen LogP contribution is 2.27. The SMILES string of the molecule is CN=C(NCc1ccccc1OC1CCC1)NC1CCN(Cc2ccccc2)CC1. The first-order valence-corrected chi connectivity index (χ1v) is 11.3. The molecule has 5 heteroatoms. The van der Waals surface area contributed by atoms with Crippen LogP contribution in [0.3, 0.4) is 0 Å². The van der Waals surface area contributed by atoms with Crippen LogP contribution in [0.4, 0.5) is 0 Å². The maximum absolute atomic E-state index is 6.15. The zero-order chi connectivity index (χ0) is 20.6. The molecule has 0 atom stereocenters. The summed E-state index contributed by atoms with van der Waals surface area (Å²) in [7, 11) is 1.84. The van der Waals surface area contributed by atoms with Crippen molar-refractivity contribution in [2.45, 2.75) is 57.3 Å². The van der Waals surface area contributed by atoms with E-state index in [-0.39, 0.29) is 0 Å². The van der Waals surface area contributed by atoms with Crippen LogP contribution in [-0.4, -0.2) is 43.1 Å². The highest BCUT2D eigenvalue weighted by atomic mass is 16.5. The minimum absolute atomic E-state index is 0.393. The van der Waals surface area contributed by atoms with Crippen LogP contribution in [0.15, 0.2) is 59.6 Å². The number of rotatable bonds is 7. The Kier molecular flexibility index (Phi) is 7.25. The minimum atomic E-state index is 0.393. The molecule has 1 heterocycles. The number of guanidine groups is 1. The summed E-state index contributed by atoms with van der Waals surface area (Å²) in [6.07, 6.45) is 6.29. The van der Waals surface area contributed by atoms with Crippen LogP contribution >= 0.6 is 0 Å². The molecule has 0 spiro atoms. The predicted molar refractivity (Wildman–Crippen MR) is 123 cm³/mol. The van der Waals surface area contributed by atoms with Gasteiger partial charge in [0.25, 0.3) is 0 Å². The van der Waals surface area contributed by atoms with E-state index in [1.165, 1.54) is 30.4 Å². The molecule has 30 heavy (non-hydrogen) atoms. The van der Waals surface area contributed by atoms with Crippen molar-refractivity contribution in [3.63, 3.8) is 0 Å². The van der Waals surface area contributed by atoms with Crippen molar-refractivity contribution in [1.29, 1.82) is 0 Å². The summed E-state index contributed by atoms with van der Waals surface area (Å²) in [4.78, 5) is 6.98. The summed E-state index contributed by atoms with van der Waals surface area (Å²) in [5.41, 5.74) is 2.58. The molecule has 1 aliphatic carbocycles. The molecule has 1 saturated heterocycles. The molecule has 0 bridgehead atoms. The molecule has 0 radical (unpaired) electrons. The lowest BCUT2D eigenvalue weighted by molar-refractivity contribution is 0.119. The van der Waals surface area contributed by atoms with Crippen LogP contribution in [0, 0.1) is 0 Å². The van der Waals surface area contributed by atoms with Crippen molar-refractivity contribution >= 4 is 5.96 Å². The smallest absolute Gasteiger partial charge is 0.191 e. The average Bonchev–Trinajstić information content (AvgIpc) is 2.76. The number of nitrogens with one attached hydrogen (secondary N) is 2. The fraction of sp³-hybridized carbons (Fsp3) is 0.480. The van der Waals surface area contributed by atoms with Crippen LogP contribution in [0.5, 0.6) is 5.75 Å². The van der Waals surface area contributed by atoms with Crippen molar-refractivity contribution in [2.24, 2.45) is 4.99 Å². The van der Waals surface area contributed by atoms with Crippen molar-refractivity contribution in [3.8, 4) is 5.75 Å². The van der Waals surface area contributed by atoms with Gasteiger partial charge in [0.2, 0.25) is 0 Å². The molecule has 0 unspecified atom stereocenters. The van der Waals surface area contributed by atoms with Crippen molar-refractivity contribution in [2.75, 3.05) is 20.1 Å². The Morgan fingerprint density at radius 3 is 2.43 bits per heavy atom. The van der Waals surface area contributed by atoms with Gasteiger partial charge in [-0.2, -0.15) is 0 Å². The Labute approximate surface area is 180 Å². The third kappa shape index (κ3) is 5.76. The van der Waals surface area contributed by atoms with Crippen LogP contribution in [0.25, 0.3) is 0 Å². The van der Waals surface area contributed by atoms with E-state index in [0.29, 0.717) is 12.1 Å². The molecule has 2 N–H and O–H groups in total. The van der Waals surface area contributed by atoms with Gasteiger partial charge in [0.05, 0.1) is 6.10 Å². The lowest BCUT2D eigenvalue weighted by atomic mass is 9.96. The largest absolute Gasteiger partial charge is 0.490 e. The number of benzene rings is 2. The van der Waals surface area contributed by atoms with Gasteiger partial charge in [-0.15, -0.1) is 0 Å². The van der Waals surface area contributed by atoms with E-state index < -0.39 is 0 Å². The molecular formula is C25H34N4O. The molecule has 1 aliphatic heterocycles. The second kappa shape index (κ2) is 10.5. The Morgan fingerprint density at radius 1 is 1.00 bits per heavy atom. The van der Waals surface area contributed by atoms with Crippen molar-refractivity contribution in [3.05, 3.63) is 65.7 Å². The van der Waals surface area contributed by atoms with Gasteiger partial charge in [0, 0.05) is 44.8 Å². The topological polar surface area (TPSA) is 48.9 Å². The molecule has 1 saturated carbocycles. The normalized spacial score (nSPS) is 18.6. The van der Waals surface area contributed by atoms with E-state index in [9.17, 15) is 0 Å². The molecule has 2 fully saturated rings. The summed E-state index contributed by atoms with van der Waals surface area (Å²) >= 11 is 0. The second-order valence-corrected chi connectivity index (χ2v) is 8.38. The molecule has 5 nitrogen and oxygen atoms in total. The number of ether oxygens (including phenoxy) is 1. The maximum Gasteiger partial charge on any atom is 0.191 e. The van der Waals surface area contributed by atoms with Gasteiger partial charge in [-0.3, -0.25) is 9.89 Å². The first-order valence-electron chi connectivity index (χ1n) is 11.3. The monoisotopic (exact) mass is 406 g/mol. The van der Waals surface area contributed by atoms with Gasteiger partial charge in [-0.25, -0.2) is 0 Å². The highest BCUT2D eigenvalue weighted by Gasteiger charge is 2.21. The number of hydrogen-bond acceptors (Lipinski definition) is 3. The van der Waals surface area contributed by atoms with Crippen LogP contribution in [0.2, 0.25) is 0 Å². The highest BCUT2D eigenvalue weighted by molar-refractivity contribution is 5.80. The zero-order valence-corrected chi connectivity index (χ0v) is 18.0. The molecule has 0 amide bonds. The molecule has 0 aromatic heterocycles. The van der Waals surface area contributed by atoms with E-state index in [2.05, 4.69) is 69.1 Å². The Morgan fingerprint density at radius 2 is 1.73 bits per heavy atom. The Bertz CT molecular complexity index is 811. The van der Waals surface area contributed by atoms with Gasteiger partial charge in [-0.05, 0) is 43.7 Å². The fourth-order valence-electron chi connectivity index (χ4n) is 4.08. The van der Waals surface area contributed by atoms with Crippen LogP contribution in [0.1, 0.15) is 43.2 Å². The molecular weight excluding hydrogens is 372 g/mol. The van der Waals surface area contributed by atoms with Gasteiger partial charge >= 0.3 is 0 Å². The molecule has 2 aromatic rings. The van der Waals surface area contributed by atoms with E-state index in [1.54, 1.807) is 0 Å². The average molecular weight is 407 g/mol. The van der Waals surface area contributed by atoms with Crippen LogP contribution in [-0.2, 0) is 13.1 Å². The third-order valence-electron chi connectivity index (χ3n) is 6.17. The van der Waals surface area contributed by atoms with Crippen molar-refractivity contribution < 1.29 is 4.74 Å². The number of nitrogens with zero attached hydrogens (tertiary/aromatic N) is 2. The number of hydrogen-bond donors (Lipinski definition) is 2. The van der Waals surface area contributed by atoms with E-state index >= 15 is 0 Å². The van der Waals surface area contributed by atoms with Gasteiger partial charge < -0.3 is 15.4 Å². The summed E-state index contributed by atoms with van der Waals surface area (Å²) in [5.74, 6) is 1.87. The number of likely N-dealkylation sites (tertiary alicyclic amines) is 1. The third-order valence-corrected chi connectivity index (χ3v) is 6.17. The first kappa shape index (κ1) is 20.7. The molecule has 4 rings (SSSR count). The van der Waals surface area contributed by atoms with E-state index in [1.807, 2.05) is 13.1 Å². The Hall–Kier alpha value is -2.53. The van der Waals surface area contributed by atoms with Gasteiger partial charge in [0.15, 0.2) is 5.96 Å². The summed E-state index contributed by atoms with van der Waals surface area (Å²) in [6, 6.07) is 19.5.